The molecule has 0 N–H and O–H groups in total. The first-order valence-electron chi connectivity index (χ1n) is 10.5. The first-order valence-corrected chi connectivity index (χ1v) is 11.5. The minimum absolute atomic E-state index is 0.0182. The summed E-state index contributed by atoms with van der Waals surface area (Å²) in [5.41, 5.74) is 3.43. The van der Waals surface area contributed by atoms with E-state index in [1.54, 1.807) is 10.6 Å². The molecule has 3 aromatic rings. The molecule has 2 unspecified atom stereocenters. The number of rotatable bonds is 4. The van der Waals surface area contributed by atoms with Crippen LogP contribution in [0.5, 0.6) is 0 Å². The van der Waals surface area contributed by atoms with Gasteiger partial charge < -0.3 is 9.64 Å². The smallest absolute Gasteiger partial charge is 0.266 e. The lowest BCUT2D eigenvalue weighted by Gasteiger charge is -2.35. The number of fused-ring (bicyclic) bond motifs is 1. The van der Waals surface area contributed by atoms with Crippen molar-refractivity contribution in [3.05, 3.63) is 63.9 Å². The molecule has 1 fully saturated rings. The molecular weight excluding hydrogens is 410 g/mol. The fourth-order valence-corrected chi connectivity index (χ4v) is 4.91. The van der Waals surface area contributed by atoms with Crippen LogP contribution in [0.2, 0.25) is 0 Å². The first kappa shape index (κ1) is 21.6. The quantitative estimate of drug-likeness (QED) is 0.460. The van der Waals surface area contributed by atoms with Crippen molar-refractivity contribution in [1.29, 1.82) is 0 Å². The van der Waals surface area contributed by atoms with Gasteiger partial charge in [0.25, 0.3) is 5.56 Å². The molecule has 1 aliphatic heterocycles. The van der Waals surface area contributed by atoms with Gasteiger partial charge in [0.2, 0.25) is 5.91 Å². The van der Waals surface area contributed by atoms with E-state index in [2.05, 4.69) is 0 Å². The van der Waals surface area contributed by atoms with Gasteiger partial charge in [-0.15, -0.1) is 0 Å². The van der Waals surface area contributed by atoms with Gasteiger partial charge >= 0.3 is 0 Å². The summed E-state index contributed by atoms with van der Waals surface area (Å²) in [6, 6.07) is 13.2. The molecule has 0 aliphatic carbocycles. The summed E-state index contributed by atoms with van der Waals surface area (Å²) in [5.74, 6) is 0.247. The first-order chi connectivity index (χ1) is 14.8. The zero-order chi connectivity index (χ0) is 22.1. The molecule has 0 bridgehead atoms. The van der Waals surface area contributed by atoms with Crippen molar-refractivity contribution in [3.8, 4) is 5.69 Å². The number of nitrogens with zero attached hydrogens (tertiary/aromatic N) is 3. The highest BCUT2D eigenvalue weighted by Gasteiger charge is 2.26. The van der Waals surface area contributed by atoms with E-state index in [0.29, 0.717) is 29.1 Å². The predicted molar refractivity (Wildman–Crippen MR) is 124 cm³/mol. The van der Waals surface area contributed by atoms with E-state index in [4.69, 9.17) is 9.72 Å². The van der Waals surface area contributed by atoms with Crippen molar-refractivity contribution < 1.29 is 9.53 Å². The van der Waals surface area contributed by atoms with Crippen molar-refractivity contribution in [2.24, 2.45) is 0 Å². The molecule has 2 aromatic carbocycles. The van der Waals surface area contributed by atoms with Crippen molar-refractivity contribution in [2.45, 2.75) is 45.1 Å². The standard InChI is InChI=1S/C24H27N3O3S/c1-15-8-7-11-21(18(15)4)27-23(29)19-9-5-6-10-20(19)25-24(27)31-14-22(28)26-12-16(2)30-17(3)13-26/h5-11,16-17H,12-14H2,1-4H3. The topological polar surface area (TPSA) is 64.4 Å². The Balaban J connectivity index is 1.72. The number of carbonyl (C=O) groups excluding carboxylic acids is 1. The van der Waals surface area contributed by atoms with Gasteiger partial charge in [-0.2, -0.15) is 0 Å². The van der Waals surface area contributed by atoms with Crippen molar-refractivity contribution in [1.82, 2.24) is 14.5 Å². The summed E-state index contributed by atoms with van der Waals surface area (Å²) in [5, 5.41) is 1.09. The number of amides is 1. The lowest BCUT2D eigenvalue weighted by molar-refractivity contribution is -0.140. The molecule has 1 amide bonds. The van der Waals surface area contributed by atoms with Gasteiger partial charge in [0, 0.05) is 13.1 Å². The average Bonchev–Trinajstić information content (AvgIpc) is 2.74. The Morgan fingerprint density at radius 2 is 1.81 bits per heavy atom. The number of aromatic nitrogens is 2. The highest BCUT2D eigenvalue weighted by atomic mass is 32.2. The molecule has 1 aliphatic rings. The van der Waals surface area contributed by atoms with E-state index >= 15 is 0 Å². The average molecular weight is 438 g/mol. The van der Waals surface area contributed by atoms with E-state index in [-0.39, 0.29) is 29.4 Å². The zero-order valence-electron chi connectivity index (χ0n) is 18.3. The third kappa shape index (κ3) is 4.38. The number of thioether (sulfide) groups is 1. The van der Waals surface area contributed by atoms with Crippen LogP contribution in [0, 0.1) is 13.8 Å². The van der Waals surface area contributed by atoms with Gasteiger partial charge in [-0.25, -0.2) is 4.98 Å². The van der Waals surface area contributed by atoms with E-state index in [0.717, 1.165) is 16.8 Å². The predicted octanol–water partition coefficient (Wildman–Crippen LogP) is 3.73. The van der Waals surface area contributed by atoms with Crippen LogP contribution in [-0.4, -0.2) is 51.4 Å². The Hall–Kier alpha value is -2.64. The number of aryl methyl sites for hydroxylation is 1. The molecule has 31 heavy (non-hydrogen) atoms. The second-order valence-electron chi connectivity index (χ2n) is 8.12. The molecular formula is C24H27N3O3S. The molecule has 0 saturated carbocycles. The summed E-state index contributed by atoms with van der Waals surface area (Å²) in [4.78, 5) is 33.0. The number of carbonyl (C=O) groups is 1. The highest BCUT2D eigenvalue weighted by Crippen LogP contribution is 2.25. The molecule has 1 aromatic heterocycles. The number of hydrogen-bond acceptors (Lipinski definition) is 5. The van der Waals surface area contributed by atoms with Gasteiger partial charge in [-0.3, -0.25) is 14.2 Å². The molecule has 2 atom stereocenters. The number of para-hydroxylation sites is 1. The lowest BCUT2D eigenvalue weighted by atomic mass is 10.1. The number of benzene rings is 2. The summed E-state index contributed by atoms with van der Waals surface area (Å²) in [7, 11) is 0. The maximum absolute atomic E-state index is 13.4. The van der Waals surface area contributed by atoms with Crippen LogP contribution in [0.3, 0.4) is 0 Å². The minimum atomic E-state index is -0.122. The van der Waals surface area contributed by atoms with Crippen LogP contribution < -0.4 is 5.56 Å². The van der Waals surface area contributed by atoms with Crippen molar-refractivity contribution in [3.63, 3.8) is 0 Å². The highest BCUT2D eigenvalue weighted by molar-refractivity contribution is 7.99. The number of hydrogen-bond donors (Lipinski definition) is 0. The molecule has 6 nitrogen and oxygen atoms in total. The van der Waals surface area contributed by atoms with Gasteiger partial charge in [-0.1, -0.05) is 36.0 Å². The maximum Gasteiger partial charge on any atom is 0.266 e. The Bertz CT molecular complexity index is 1180. The van der Waals surface area contributed by atoms with Crippen LogP contribution in [0.25, 0.3) is 16.6 Å². The van der Waals surface area contributed by atoms with E-state index in [1.165, 1.54) is 11.8 Å². The van der Waals surface area contributed by atoms with Gasteiger partial charge in [0.15, 0.2) is 5.16 Å². The van der Waals surface area contributed by atoms with Crippen LogP contribution in [0.4, 0.5) is 0 Å². The summed E-state index contributed by atoms with van der Waals surface area (Å²) >= 11 is 1.31. The lowest BCUT2D eigenvalue weighted by Crippen LogP contribution is -2.48. The monoisotopic (exact) mass is 437 g/mol. The third-order valence-electron chi connectivity index (χ3n) is 5.66. The second-order valence-corrected chi connectivity index (χ2v) is 9.06. The van der Waals surface area contributed by atoms with Crippen LogP contribution in [0.15, 0.2) is 52.4 Å². The van der Waals surface area contributed by atoms with Crippen molar-refractivity contribution in [2.75, 3.05) is 18.8 Å². The third-order valence-corrected chi connectivity index (χ3v) is 6.58. The molecule has 2 heterocycles. The van der Waals surface area contributed by atoms with Gasteiger partial charge in [0.05, 0.1) is 34.6 Å². The second kappa shape index (κ2) is 8.85. The maximum atomic E-state index is 13.4. The van der Waals surface area contributed by atoms with Crippen LogP contribution in [0.1, 0.15) is 25.0 Å². The molecule has 0 radical (unpaired) electrons. The summed E-state index contributed by atoms with van der Waals surface area (Å²) in [6.45, 7) is 9.15. The Morgan fingerprint density at radius 1 is 1.10 bits per heavy atom. The molecule has 0 spiro atoms. The molecule has 4 rings (SSSR count). The Kier molecular flexibility index (Phi) is 6.16. The largest absolute Gasteiger partial charge is 0.372 e. The van der Waals surface area contributed by atoms with Gasteiger partial charge in [-0.05, 0) is 57.0 Å². The fourth-order valence-electron chi connectivity index (χ4n) is 4.00. The fraction of sp³-hybridized carbons (Fsp3) is 0.375. The molecule has 162 valence electrons. The van der Waals surface area contributed by atoms with E-state index in [9.17, 15) is 9.59 Å². The number of morpholine rings is 1. The minimum Gasteiger partial charge on any atom is -0.372 e. The van der Waals surface area contributed by atoms with Crippen LogP contribution >= 0.6 is 11.8 Å². The Morgan fingerprint density at radius 3 is 2.55 bits per heavy atom. The zero-order valence-corrected chi connectivity index (χ0v) is 19.1. The van der Waals surface area contributed by atoms with E-state index in [1.807, 2.05) is 69.0 Å². The summed E-state index contributed by atoms with van der Waals surface area (Å²) < 4.78 is 7.38. The van der Waals surface area contributed by atoms with Gasteiger partial charge in [0.1, 0.15) is 0 Å². The summed E-state index contributed by atoms with van der Waals surface area (Å²) in [6.07, 6.45) is 0.0363. The molecule has 7 heteroatoms. The Labute approximate surface area is 186 Å². The number of ether oxygens (including phenoxy) is 1. The van der Waals surface area contributed by atoms with Crippen molar-refractivity contribution >= 4 is 28.6 Å². The SMILES string of the molecule is Cc1cccc(-n2c(SCC(=O)N3CC(C)OC(C)C3)nc3ccccc3c2=O)c1C. The van der Waals surface area contributed by atoms with Crippen LogP contribution in [-0.2, 0) is 9.53 Å². The molecule has 1 saturated heterocycles. The van der Waals surface area contributed by atoms with E-state index < -0.39 is 0 Å². The normalized spacial score (nSPS) is 19.0.